The van der Waals surface area contributed by atoms with E-state index >= 15 is 0 Å². The van der Waals surface area contributed by atoms with Gasteiger partial charge in [0.2, 0.25) is 0 Å². The van der Waals surface area contributed by atoms with Crippen molar-refractivity contribution in [3.63, 3.8) is 0 Å². The molecule has 1 N–H and O–H groups in total. The van der Waals surface area contributed by atoms with Gasteiger partial charge >= 0.3 is 0 Å². The molecular weight excluding hydrogens is 816 g/mol. The molecule has 2 fully saturated rings. The average molecular weight is 861 g/mol. The quantitative estimate of drug-likeness (QED) is 0.158. The summed E-state index contributed by atoms with van der Waals surface area (Å²) in [5.74, 6) is 1.14. The zero-order valence-corrected chi connectivity index (χ0v) is 35.5. The van der Waals surface area contributed by atoms with Crippen LogP contribution in [0.3, 0.4) is 0 Å². The number of morpholine rings is 2. The number of sulfone groups is 2. The van der Waals surface area contributed by atoms with Crippen LogP contribution in [0.15, 0.2) is 84.9 Å². The summed E-state index contributed by atoms with van der Waals surface area (Å²) >= 11 is 5.97. The van der Waals surface area contributed by atoms with Gasteiger partial charge in [0.1, 0.15) is 17.5 Å². The number of ether oxygens (including phenoxy) is 2. The maximum atomic E-state index is 13.8. The van der Waals surface area contributed by atoms with Crippen LogP contribution in [0, 0.1) is 5.82 Å². The molecule has 0 saturated carbocycles. The Kier molecular flexibility index (Phi) is 12.5. The van der Waals surface area contributed by atoms with E-state index in [1.165, 1.54) is 24.6 Å². The SMILES string of the molecule is C[C@H]1COCCN1c1cc(CS(C)(=O)=O)nc(-c2ccc(N(C(=S)Nc3ccc(F)cc3)c3ccc(-c4nc(CS(C)(=O)=O)cc(N5CCOC[C@@H]5C)n4)cc3)cc2)n1. The van der Waals surface area contributed by atoms with E-state index in [0.29, 0.717) is 107 Å². The Morgan fingerprint density at radius 1 is 0.712 bits per heavy atom. The summed E-state index contributed by atoms with van der Waals surface area (Å²) < 4.78 is 74.5. The van der Waals surface area contributed by atoms with Crippen LogP contribution in [0.1, 0.15) is 25.2 Å². The van der Waals surface area contributed by atoms with Crippen molar-refractivity contribution in [2.75, 3.05) is 72.0 Å². The van der Waals surface area contributed by atoms with Crippen molar-refractivity contribution in [2.24, 2.45) is 0 Å². The Hall–Kier alpha value is -5.14. The maximum absolute atomic E-state index is 13.8. The molecule has 14 nitrogen and oxygen atoms in total. The molecule has 59 heavy (non-hydrogen) atoms. The number of nitrogens with zero attached hydrogens (tertiary/aromatic N) is 7. The van der Waals surface area contributed by atoms with E-state index in [2.05, 4.69) is 25.1 Å². The van der Waals surface area contributed by atoms with Crippen LogP contribution >= 0.6 is 12.2 Å². The van der Waals surface area contributed by atoms with Crippen LogP contribution in [-0.2, 0) is 40.7 Å². The minimum Gasteiger partial charge on any atom is -0.377 e. The summed E-state index contributed by atoms with van der Waals surface area (Å²) in [7, 11) is -6.77. The molecule has 5 aromatic rings. The van der Waals surface area contributed by atoms with Gasteiger partial charge in [0.05, 0.1) is 61.4 Å². The van der Waals surface area contributed by atoms with Gasteiger partial charge in [0, 0.05) is 65.9 Å². The van der Waals surface area contributed by atoms with Crippen molar-refractivity contribution in [1.82, 2.24) is 19.9 Å². The molecule has 4 heterocycles. The van der Waals surface area contributed by atoms with Gasteiger partial charge in [-0.2, -0.15) is 0 Å². The fraction of sp³-hybridized carbons (Fsp3) is 0.341. The molecule has 0 radical (unpaired) electrons. The van der Waals surface area contributed by atoms with Crippen molar-refractivity contribution >= 4 is 65.7 Å². The maximum Gasteiger partial charge on any atom is 0.182 e. The molecule has 2 aliphatic rings. The zero-order chi connectivity index (χ0) is 41.9. The van der Waals surface area contributed by atoms with Gasteiger partial charge in [0.15, 0.2) is 36.4 Å². The van der Waals surface area contributed by atoms with Crippen LogP contribution in [0.5, 0.6) is 0 Å². The van der Waals surface area contributed by atoms with Gasteiger partial charge in [-0.15, -0.1) is 0 Å². The monoisotopic (exact) mass is 860 g/mol. The van der Waals surface area contributed by atoms with Crippen molar-refractivity contribution < 1.29 is 30.7 Å². The Bertz CT molecular complexity index is 2380. The summed E-state index contributed by atoms with van der Waals surface area (Å²) in [4.78, 5) is 25.1. The molecule has 2 atom stereocenters. The van der Waals surface area contributed by atoms with E-state index < -0.39 is 19.7 Å². The first-order chi connectivity index (χ1) is 28.1. The molecule has 2 aromatic heterocycles. The highest BCUT2D eigenvalue weighted by Crippen LogP contribution is 2.32. The molecular formula is C41H45FN8O6S3. The highest BCUT2D eigenvalue weighted by Gasteiger charge is 2.25. The molecule has 18 heteroatoms. The third-order valence-electron chi connectivity index (χ3n) is 9.74. The second-order valence-electron chi connectivity index (χ2n) is 14.8. The first kappa shape index (κ1) is 42.0. The van der Waals surface area contributed by atoms with Gasteiger partial charge < -0.3 is 24.6 Å². The number of hydrogen-bond acceptors (Lipinski definition) is 13. The first-order valence-corrected chi connectivity index (χ1v) is 23.5. The van der Waals surface area contributed by atoms with Crippen LogP contribution in [0.4, 0.5) is 33.1 Å². The third kappa shape index (κ3) is 10.7. The summed E-state index contributed by atoms with van der Waals surface area (Å²) in [5.41, 5.74) is 4.02. The highest BCUT2D eigenvalue weighted by molar-refractivity contribution is 7.90. The summed E-state index contributed by atoms with van der Waals surface area (Å²) in [6.07, 6.45) is 2.36. The van der Waals surface area contributed by atoms with Crippen LogP contribution in [-0.4, -0.2) is 106 Å². The highest BCUT2D eigenvalue weighted by atomic mass is 32.2. The van der Waals surface area contributed by atoms with Gasteiger partial charge in [-0.3, -0.25) is 4.90 Å². The predicted octanol–water partition coefficient (Wildman–Crippen LogP) is 5.81. The van der Waals surface area contributed by atoms with Gasteiger partial charge in [-0.05, 0) is 98.9 Å². The van der Waals surface area contributed by atoms with E-state index in [-0.39, 0.29) is 29.4 Å². The van der Waals surface area contributed by atoms with Gasteiger partial charge in [0.25, 0.3) is 0 Å². The van der Waals surface area contributed by atoms with Crippen LogP contribution in [0.25, 0.3) is 22.8 Å². The lowest BCUT2D eigenvalue weighted by atomic mass is 10.1. The number of rotatable bonds is 11. The Labute approximate surface area is 349 Å². The van der Waals surface area contributed by atoms with E-state index in [0.717, 1.165) is 0 Å². The number of thiocarbonyl (C=S) groups is 1. The van der Waals surface area contributed by atoms with Gasteiger partial charge in [-0.1, -0.05) is 0 Å². The number of anilines is 5. The van der Waals surface area contributed by atoms with E-state index in [1.54, 1.807) is 24.3 Å². The van der Waals surface area contributed by atoms with E-state index in [4.69, 9.17) is 31.7 Å². The normalized spacial score (nSPS) is 17.4. The summed E-state index contributed by atoms with van der Waals surface area (Å²) in [6.45, 7) is 7.37. The topological polar surface area (TPSA) is 160 Å². The fourth-order valence-corrected chi connectivity index (χ4v) is 8.65. The number of benzene rings is 3. The predicted molar refractivity (Wildman–Crippen MR) is 232 cm³/mol. The second-order valence-corrected chi connectivity index (χ2v) is 19.5. The van der Waals surface area contributed by atoms with Crippen molar-refractivity contribution in [2.45, 2.75) is 37.4 Å². The zero-order valence-electron chi connectivity index (χ0n) is 33.1. The van der Waals surface area contributed by atoms with Gasteiger partial charge in [-0.25, -0.2) is 41.2 Å². The lowest BCUT2D eigenvalue weighted by Crippen LogP contribution is -2.44. The smallest absolute Gasteiger partial charge is 0.182 e. The first-order valence-electron chi connectivity index (χ1n) is 19.0. The van der Waals surface area contributed by atoms with Crippen LogP contribution in [0.2, 0.25) is 0 Å². The van der Waals surface area contributed by atoms with Crippen molar-refractivity contribution in [3.05, 3.63) is 102 Å². The second kappa shape index (κ2) is 17.6. The summed E-state index contributed by atoms with van der Waals surface area (Å²) in [5, 5.41) is 3.50. The third-order valence-corrected chi connectivity index (χ3v) is 11.7. The van der Waals surface area contributed by atoms with Crippen molar-refractivity contribution in [3.8, 4) is 22.8 Å². The fourth-order valence-electron chi connectivity index (χ4n) is 6.95. The van der Waals surface area contributed by atoms with E-state index in [1.807, 2.05) is 67.3 Å². The molecule has 2 saturated heterocycles. The standard InChI is InChI=1S/C41H45FN8O6S3/c1-27-23-55-19-17-48(27)37-21-33(25-58(3,51)52)43-39(46-37)29-5-13-35(14-6-29)50(41(57)45-32-11-9-31(42)10-12-32)36-15-7-30(8-16-36)40-44-34(26-59(4,53)54)22-38(47-40)49-18-20-56-24-28(49)2/h5-16,21-22,27-28H,17-20,23-26H2,1-4H3,(H,45,57)/t27-,28-/m0/s1. The molecule has 0 amide bonds. The van der Waals surface area contributed by atoms with Crippen molar-refractivity contribution in [1.29, 1.82) is 0 Å². The number of nitrogens with one attached hydrogen (secondary N) is 1. The molecule has 0 spiro atoms. The molecule has 0 aliphatic carbocycles. The Morgan fingerprint density at radius 3 is 1.53 bits per heavy atom. The molecule has 310 valence electrons. The number of halogens is 1. The van der Waals surface area contributed by atoms with Crippen LogP contribution < -0.4 is 20.0 Å². The number of aromatic nitrogens is 4. The average Bonchev–Trinajstić information content (AvgIpc) is 3.18. The Balaban J connectivity index is 1.24. The lowest BCUT2D eigenvalue weighted by molar-refractivity contribution is 0.0985. The molecule has 3 aromatic carbocycles. The molecule has 7 rings (SSSR count). The minimum atomic E-state index is -3.38. The number of hydrogen-bond donors (Lipinski definition) is 1. The molecule has 0 unspecified atom stereocenters. The lowest BCUT2D eigenvalue weighted by Gasteiger charge is -2.34. The molecule has 2 aliphatic heterocycles. The van der Waals surface area contributed by atoms with E-state index in [9.17, 15) is 21.2 Å². The molecule has 0 bridgehead atoms. The minimum absolute atomic E-state index is 0.0352. The summed E-state index contributed by atoms with van der Waals surface area (Å²) in [6, 6.07) is 24.2. The Morgan fingerprint density at radius 2 is 1.14 bits per heavy atom. The largest absolute Gasteiger partial charge is 0.377 e.